The molecule has 0 atom stereocenters. The third-order valence-electron chi connectivity index (χ3n) is 1.34. The molecule has 0 bridgehead atoms. The first-order chi connectivity index (χ1) is 6.88. The zero-order chi connectivity index (χ0) is 9.80. The fourth-order valence-corrected chi connectivity index (χ4v) is 0.787. The Hall–Kier alpha value is -2.09. The first-order valence-corrected chi connectivity index (χ1v) is 3.81. The van der Waals surface area contributed by atoms with Crippen LogP contribution in [0.2, 0.25) is 0 Å². The van der Waals surface area contributed by atoms with E-state index in [0.29, 0.717) is 11.8 Å². The molecule has 0 spiro atoms. The van der Waals surface area contributed by atoms with E-state index in [0.717, 1.165) is 0 Å². The summed E-state index contributed by atoms with van der Waals surface area (Å²) in [7, 11) is 0. The summed E-state index contributed by atoms with van der Waals surface area (Å²) >= 11 is 0. The normalized spacial score (nSPS) is 10.1. The molecule has 0 saturated carbocycles. The number of nitrogens with zero attached hydrogens (tertiary/aromatic N) is 5. The molecule has 14 heavy (non-hydrogen) atoms. The molecule has 0 radical (unpaired) electrons. The van der Waals surface area contributed by atoms with Crippen LogP contribution >= 0.6 is 0 Å². The highest BCUT2D eigenvalue weighted by molar-refractivity contribution is 5.37. The molecule has 2 aromatic heterocycles. The van der Waals surface area contributed by atoms with Gasteiger partial charge in [0, 0.05) is 0 Å². The molecule has 0 aliphatic rings. The lowest BCUT2D eigenvalue weighted by molar-refractivity contribution is 0.510. The minimum atomic E-state index is 0.193. The van der Waals surface area contributed by atoms with E-state index in [4.69, 9.17) is 10.2 Å². The van der Waals surface area contributed by atoms with Crippen molar-refractivity contribution in [2.45, 2.75) is 6.54 Å². The molecule has 2 aromatic rings. The lowest BCUT2D eigenvalue weighted by atomic mass is 10.7. The van der Waals surface area contributed by atoms with Gasteiger partial charge >= 0.3 is 6.01 Å². The Balaban J connectivity index is 2.11. The van der Waals surface area contributed by atoms with Gasteiger partial charge in [-0.1, -0.05) is 5.10 Å². The fraction of sp³-hybridized carbons (Fsp3) is 0.167. The Labute approximate surface area is 78.6 Å². The van der Waals surface area contributed by atoms with Crippen molar-refractivity contribution < 1.29 is 4.42 Å². The average molecular weight is 193 g/mol. The van der Waals surface area contributed by atoms with Crippen LogP contribution in [0.4, 0.5) is 12.0 Å². The largest absolute Gasteiger partial charge is 0.406 e. The van der Waals surface area contributed by atoms with Crippen molar-refractivity contribution in [3.63, 3.8) is 0 Å². The Morgan fingerprint density at radius 1 is 1.29 bits per heavy atom. The number of nitrogens with one attached hydrogen (secondary N) is 1. The van der Waals surface area contributed by atoms with Crippen LogP contribution in [-0.4, -0.2) is 25.4 Å². The van der Waals surface area contributed by atoms with E-state index < -0.39 is 0 Å². The SMILES string of the molecule is NCc1nnc(Nc2nccnn2)o1. The Morgan fingerprint density at radius 3 is 2.86 bits per heavy atom. The third-order valence-corrected chi connectivity index (χ3v) is 1.34. The Bertz CT molecular complexity index is 400. The van der Waals surface area contributed by atoms with Crippen LogP contribution in [-0.2, 0) is 6.54 Å². The van der Waals surface area contributed by atoms with Crippen LogP contribution in [0.3, 0.4) is 0 Å². The van der Waals surface area contributed by atoms with Gasteiger partial charge in [-0.25, -0.2) is 4.98 Å². The van der Waals surface area contributed by atoms with Crippen LogP contribution in [0.1, 0.15) is 5.89 Å². The van der Waals surface area contributed by atoms with Gasteiger partial charge in [-0.05, 0) is 0 Å². The van der Waals surface area contributed by atoms with Crippen molar-refractivity contribution in [2.24, 2.45) is 5.73 Å². The summed E-state index contributed by atoms with van der Waals surface area (Å²) in [5.41, 5.74) is 5.29. The van der Waals surface area contributed by atoms with Gasteiger partial charge in [-0.2, -0.15) is 5.10 Å². The molecule has 0 aliphatic carbocycles. The molecule has 0 aliphatic heterocycles. The number of rotatable bonds is 3. The highest BCUT2D eigenvalue weighted by atomic mass is 16.4. The summed E-state index contributed by atoms with van der Waals surface area (Å²) < 4.78 is 5.07. The molecule has 2 heterocycles. The lowest BCUT2D eigenvalue weighted by Crippen LogP contribution is -1.97. The van der Waals surface area contributed by atoms with Crippen molar-refractivity contribution in [1.82, 2.24) is 25.4 Å². The minimum Gasteiger partial charge on any atom is -0.406 e. The smallest absolute Gasteiger partial charge is 0.322 e. The molecule has 0 fully saturated rings. The van der Waals surface area contributed by atoms with E-state index >= 15 is 0 Å². The predicted molar refractivity (Wildman–Crippen MR) is 45.3 cm³/mol. The number of aromatic nitrogens is 5. The van der Waals surface area contributed by atoms with Gasteiger partial charge in [0.25, 0.3) is 5.95 Å². The summed E-state index contributed by atoms with van der Waals surface area (Å²) in [6.45, 7) is 0.197. The average Bonchev–Trinajstić information content (AvgIpc) is 2.67. The Kier molecular flexibility index (Phi) is 2.28. The third kappa shape index (κ3) is 1.80. The topological polar surface area (TPSA) is 116 Å². The second kappa shape index (κ2) is 3.75. The quantitative estimate of drug-likeness (QED) is 0.667. The molecule has 0 saturated heterocycles. The molecule has 8 nitrogen and oxygen atoms in total. The van der Waals surface area contributed by atoms with Crippen molar-refractivity contribution in [2.75, 3.05) is 5.32 Å². The molecule has 0 amide bonds. The van der Waals surface area contributed by atoms with E-state index in [9.17, 15) is 0 Å². The number of hydrogen-bond donors (Lipinski definition) is 2. The van der Waals surface area contributed by atoms with Crippen LogP contribution in [0.15, 0.2) is 16.8 Å². The zero-order valence-electron chi connectivity index (χ0n) is 7.08. The standard InChI is InChI=1S/C6H7N7O/c7-3-4-11-13-6(14-4)10-5-8-1-2-9-12-5/h1-2H,3,7H2,(H,8,10,12,13). The van der Waals surface area contributed by atoms with E-state index in [1.54, 1.807) is 0 Å². The van der Waals surface area contributed by atoms with Gasteiger partial charge in [0.15, 0.2) is 0 Å². The number of nitrogens with two attached hydrogens (primary N) is 1. The highest BCUT2D eigenvalue weighted by Gasteiger charge is 2.05. The zero-order valence-corrected chi connectivity index (χ0v) is 7.08. The molecule has 2 rings (SSSR count). The van der Waals surface area contributed by atoms with Crippen molar-refractivity contribution in [1.29, 1.82) is 0 Å². The van der Waals surface area contributed by atoms with Gasteiger partial charge < -0.3 is 10.2 Å². The van der Waals surface area contributed by atoms with Gasteiger partial charge in [0.05, 0.1) is 18.9 Å². The van der Waals surface area contributed by atoms with Crippen molar-refractivity contribution >= 4 is 12.0 Å². The highest BCUT2D eigenvalue weighted by Crippen LogP contribution is 2.08. The maximum Gasteiger partial charge on any atom is 0.322 e. The molecule has 3 N–H and O–H groups in total. The monoisotopic (exact) mass is 193 g/mol. The molecular formula is C6H7N7O. The van der Waals surface area contributed by atoms with Gasteiger partial charge in [0.1, 0.15) is 0 Å². The van der Waals surface area contributed by atoms with Gasteiger partial charge in [0.2, 0.25) is 5.89 Å². The van der Waals surface area contributed by atoms with E-state index in [1.807, 2.05) is 0 Å². The maximum absolute atomic E-state index is 5.29. The summed E-state index contributed by atoms with van der Waals surface area (Å²) in [4.78, 5) is 3.87. The molecule has 0 unspecified atom stereocenters. The van der Waals surface area contributed by atoms with Crippen molar-refractivity contribution in [3.8, 4) is 0 Å². The predicted octanol–water partition coefficient (Wildman–Crippen LogP) is -0.543. The summed E-state index contributed by atoms with van der Waals surface area (Å²) in [5.74, 6) is 0.635. The molecular weight excluding hydrogens is 186 g/mol. The van der Waals surface area contributed by atoms with E-state index in [-0.39, 0.29) is 12.6 Å². The molecule has 0 aromatic carbocycles. The Morgan fingerprint density at radius 2 is 2.21 bits per heavy atom. The second-order valence-electron chi connectivity index (χ2n) is 2.30. The molecule has 72 valence electrons. The molecule has 8 heteroatoms. The van der Waals surface area contributed by atoms with Crippen LogP contribution < -0.4 is 11.1 Å². The first-order valence-electron chi connectivity index (χ1n) is 3.81. The van der Waals surface area contributed by atoms with Crippen LogP contribution in [0.5, 0.6) is 0 Å². The summed E-state index contributed by atoms with van der Waals surface area (Å²) in [5, 5.41) is 17.3. The lowest BCUT2D eigenvalue weighted by Gasteiger charge is -1.94. The summed E-state index contributed by atoms with van der Waals surface area (Å²) in [6.07, 6.45) is 2.96. The van der Waals surface area contributed by atoms with Crippen LogP contribution in [0.25, 0.3) is 0 Å². The maximum atomic E-state index is 5.29. The summed E-state index contributed by atoms with van der Waals surface area (Å²) in [6, 6.07) is 0.193. The number of hydrogen-bond acceptors (Lipinski definition) is 8. The van der Waals surface area contributed by atoms with Crippen LogP contribution in [0, 0.1) is 0 Å². The van der Waals surface area contributed by atoms with Crippen molar-refractivity contribution in [3.05, 3.63) is 18.3 Å². The first kappa shape index (κ1) is 8.51. The van der Waals surface area contributed by atoms with Gasteiger partial charge in [-0.3, -0.25) is 5.32 Å². The fourth-order valence-electron chi connectivity index (χ4n) is 0.787. The van der Waals surface area contributed by atoms with Gasteiger partial charge in [-0.15, -0.1) is 10.2 Å². The minimum absolute atomic E-state index is 0.193. The second-order valence-corrected chi connectivity index (χ2v) is 2.30. The van der Waals surface area contributed by atoms with E-state index in [2.05, 4.69) is 30.7 Å². The number of anilines is 2. The van der Waals surface area contributed by atoms with E-state index in [1.165, 1.54) is 12.4 Å².